The highest BCUT2D eigenvalue weighted by atomic mass is 16.5. The molecule has 2 amide bonds. The van der Waals surface area contributed by atoms with Gasteiger partial charge < -0.3 is 9.47 Å². The normalized spacial score (nSPS) is 13.9. The lowest BCUT2D eigenvalue weighted by atomic mass is 10.1. The van der Waals surface area contributed by atoms with Gasteiger partial charge in [0.25, 0.3) is 5.91 Å². The summed E-state index contributed by atoms with van der Waals surface area (Å²) in [6.45, 7) is -0.200. The Hall–Kier alpha value is -2.70. The molecule has 0 radical (unpaired) electrons. The average molecular weight is 305 g/mol. The van der Waals surface area contributed by atoms with Gasteiger partial charge >= 0.3 is 11.9 Å². The van der Waals surface area contributed by atoms with Crippen molar-refractivity contribution in [1.82, 2.24) is 4.90 Å². The summed E-state index contributed by atoms with van der Waals surface area (Å²) in [5, 5.41) is 0. The highest BCUT2D eigenvalue weighted by molar-refractivity contribution is 6.04. The Labute approximate surface area is 126 Å². The molecule has 0 aromatic heterocycles. The second kappa shape index (κ2) is 6.84. The van der Waals surface area contributed by atoms with Crippen molar-refractivity contribution in [3.63, 3.8) is 0 Å². The van der Waals surface area contributed by atoms with Crippen LogP contribution >= 0.6 is 0 Å². The highest BCUT2D eigenvalue weighted by Gasteiger charge is 2.27. The molecule has 1 aromatic carbocycles. The molecule has 0 N–H and O–H groups in total. The molecule has 1 heterocycles. The van der Waals surface area contributed by atoms with Gasteiger partial charge in [0.2, 0.25) is 5.91 Å². The summed E-state index contributed by atoms with van der Waals surface area (Å²) in [5.41, 5.74) is 0.0644. The molecule has 2 rings (SSSR count). The van der Waals surface area contributed by atoms with E-state index in [9.17, 15) is 19.2 Å². The van der Waals surface area contributed by atoms with Gasteiger partial charge in [-0.15, -0.1) is 0 Å². The molecule has 1 aliphatic heterocycles. The summed E-state index contributed by atoms with van der Waals surface area (Å²) in [6.07, 6.45) is 0.939. The average Bonchev–Trinajstić information content (AvgIpc) is 2.97. The third-order valence-electron chi connectivity index (χ3n) is 3.25. The van der Waals surface area contributed by atoms with E-state index < -0.39 is 24.5 Å². The van der Waals surface area contributed by atoms with Crippen molar-refractivity contribution >= 4 is 23.8 Å². The Bertz CT molecular complexity index is 624. The van der Waals surface area contributed by atoms with Crippen LogP contribution in [0.3, 0.4) is 0 Å². The molecular formula is C15H15NO6. The van der Waals surface area contributed by atoms with Crippen molar-refractivity contribution in [2.75, 3.05) is 20.3 Å². The smallest absolute Gasteiger partial charge is 0.339 e. The first-order valence-electron chi connectivity index (χ1n) is 6.72. The summed E-state index contributed by atoms with van der Waals surface area (Å²) in [6, 6.07) is 5.97. The quantitative estimate of drug-likeness (QED) is 0.764. The molecule has 1 aromatic rings. The fraction of sp³-hybridized carbons (Fsp3) is 0.333. The number of carbonyl (C=O) groups excluding carboxylic acids is 4. The van der Waals surface area contributed by atoms with Crippen molar-refractivity contribution in [3.8, 4) is 0 Å². The molecule has 0 atom stereocenters. The zero-order valence-corrected chi connectivity index (χ0v) is 12.0. The second-order valence-corrected chi connectivity index (χ2v) is 4.66. The Morgan fingerprint density at radius 2 is 1.77 bits per heavy atom. The monoisotopic (exact) mass is 305 g/mol. The Morgan fingerprint density at radius 1 is 1.14 bits per heavy atom. The van der Waals surface area contributed by atoms with Crippen LogP contribution in [-0.2, 0) is 19.1 Å². The third kappa shape index (κ3) is 3.30. The second-order valence-electron chi connectivity index (χ2n) is 4.66. The van der Waals surface area contributed by atoms with Crippen LogP contribution in [0.5, 0.6) is 0 Å². The van der Waals surface area contributed by atoms with Crippen molar-refractivity contribution in [3.05, 3.63) is 35.4 Å². The van der Waals surface area contributed by atoms with Crippen LogP contribution in [-0.4, -0.2) is 48.9 Å². The van der Waals surface area contributed by atoms with E-state index >= 15 is 0 Å². The topological polar surface area (TPSA) is 90.0 Å². The third-order valence-corrected chi connectivity index (χ3v) is 3.25. The molecule has 22 heavy (non-hydrogen) atoms. The number of benzene rings is 1. The van der Waals surface area contributed by atoms with Gasteiger partial charge in [-0.25, -0.2) is 9.59 Å². The number of methoxy groups -OCH3 is 1. The number of imide groups is 1. The molecule has 1 saturated heterocycles. The van der Waals surface area contributed by atoms with Crippen molar-refractivity contribution in [1.29, 1.82) is 0 Å². The minimum atomic E-state index is -0.819. The number of esters is 2. The number of nitrogens with zero attached hydrogens (tertiary/aromatic N) is 1. The van der Waals surface area contributed by atoms with Gasteiger partial charge in [0, 0.05) is 13.0 Å². The number of carbonyl (C=O) groups is 4. The first-order valence-corrected chi connectivity index (χ1v) is 6.72. The van der Waals surface area contributed by atoms with Crippen LogP contribution in [0.25, 0.3) is 0 Å². The van der Waals surface area contributed by atoms with Gasteiger partial charge in [-0.05, 0) is 18.6 Å². The van der Waals surface area contributed by atoms with Crippen LogP contribution in [0.4, 0.5) is 0 Å². The van der Waals surface area contributed by atoms with Gasteiger partial charge in [-0.3, -0.25) is 14.5 Å². The number of hydrogen-bond acceptors (Lipinski definition) is 6. The molecule has 0 bridgehead atoms. The van der Waals surface area contributed by atoms with E-state index in [1.165, 1.54) is 19.2 Å². The zero-order chi connectivity index (χ0) is 16.1. The molecule has 0 aliphatic carbocycles. The van der Waals surface area contributed by atoms with E-state index in [-0.39, 0.29) is 17.0 Å². The maximum absolute atomic E-state index is 12.0. The Kier molecular flexibility index (Phi) is 4.88. The minimum absolute atomic E-state index is 0.00917. The van der Waals surface area contributed by atoms with E-state index in [1.54, 1.807) is 12.1 Å². The summed E-state index contributed by atoms with van der Waals surface area (Å²) in [5.74, 6) is -2.32. The molecule has 7 nitrogen and oxygen atoms in total. The van der Waals surface area contributed by atoms with Crippen molar-refractivity contribution in [2.24, 2.45) is 0 Å². The predicted octanol–water partition coefficient (Wildman–Crippen LogP) is 0.779. The maximum Gasteiger partial charge on any atom is 0.339 e. The van der Waals surface area contributed by atoms with E-state index in [1.807, 2.05) is 0 Å². The largest absolute Gasteiger partial charge is 0.465 e. The molecule has 7 heteroatoms. The fourth-order valence-corrected chi connectivity index (χ4v) is 2.14. The number of likely N-dealkylation sites (tertiary alicyclic amines) is 1. The summed E-state index contributed by atoms with van der Waals surface area (Å²) in [7, 11) is 1.20. The Morgan fingerprint density at radius 3 is 2.32 bits per heavy atom. The lowest BCUT2D eigenvalue weighted by Gasteiger charge is -2.13. The zero-order valence-electron chi connectivity index (χ0n) is 12.0. The number of rotatable bonds is 4. The summed E-state index contributed by atoms with van der Waals surface area (Å²) >= 11 is 0. The fourth-order valence-electron chi connectivity index (χ4n) is 2.14. The van der Waals surface area contributed by atoms with E-state index in [0.29, 0.717) is 19.4 Å². The minimum Gasteiger partial charge on any atom is -0.465 e. The molecule has 116 valence electrons. The van der Waals surface area contributed by atoms with Crippen LogP contribution in [0.2, 0.25) is 0 Å². The SMILES string of the molecule is COC(=O)c1ccccc1C(=O)OCC(=O)N1CCCC1=O. The number of amides is 2. The van der Waals surface area contributed by atoms with Gasteiger partial charge in [-0.1, -0.05) is 12.1 Å². The summed E-state index contributed by atoms with van der Waals surface area (Å²) in [4.78, 5) is 47.9. The van der Waals surface area contributed by atoms with Gasteiger partial charge in [0.05, 0.1) is 18.2 Å². The van der Waals surface area contributed by atoms with E-state index in [0.717, 1.165) is 4.90 Å². The first kappa shape index (κ1) is 15.7. The van der Waals surface area contributed by atoms with Gasteiger partial charge in [-0.2, -0.15) is 0 Å². The van der Waals surface area contributed by atoms with Crippen LogP contribution in [0.15, 0.2) is 24.3 Å². The molecule has 0 unspecified atom stereocenters. The van der Waals surface area contributed by atoms with Crippen molar-refractivity contribution < 1.29 is 28.7 Å². The van der Waals surface area contributed by atoms with E-state index in [4.69, 9.17) is 4.74 Å². The van der Waals surface area contributed by atoms with Gasteiger partial charge in [0.15, 0.2) is 6.61 Å². The molecular weight excluding hydrogens is 290 g/mol. The van der Waals surface area contributed by atoms with Crippen LogP contribution < -0.4 is 0 Å². The lowest BCUT2D eigenvalue weighted by Crippen LogP contribution is -2.35. The predicted molar refractivity (Wildman–Crippen MR) is 74.0 cm³/mol. The standard InChI is InChI=1S/C15H15NO6/c1-21-14(19)10-5-2-3-6-11(10)15(20)22-9-13(18)16-8-4-7-12(16)17/h2-3,5-6H,4,7-9H2,1H3. The highest BCUT2D eigenvalue weighted by Crippen LogP contribution is 2.13. The maximum atomic E-state index is 12.0. The number of hydrogen-bond donors (Lipinski definition) is 0. The molecule has 1 fully saturated rings. The molecule has 0 saturated carbocycles. The molecule has 0 spiro atoms. The summed E-state index contributed by atoms with van der Waals surface area (Å²) < 4.78 is 9.48. The molecule has 1 aliphatic rings. The number of ether oxygens (including phenoxy) is 2. The lowest BCUT2D eigenvalue weighted by molar-refractivity contribution is -0.143. The van der Waals surface area contributed by atoms with Crippen LogP contribution in [0.1, 0.15) is 33.6 Å². The Balaban J connectivity index is 2.02. The first-order chi connectivity index (χ1) is 10.5. The van der Waals surface area contributed by atoms with Crippen molar-refractivity contribution in [2.45, 2.75) is 12.8 Å². The van der Waals surface area contributed by atoms with Crippen LogP contribution in [0, 0.1) is 0 Å². The van der Waals surface area contributed by atoms with E-state index in [2.05, 4.69) is 4.74 Å². The van der Waals surface area contributed by atoms with Gasteiger partial charge in [0.1, 0.15) is 0 Å².